The van der Waals surface area contributed by atoms with E-state index in [0.717, 1.165) is 12.6 Å². The maximum Gasteiger partial charge on any atom is 0.105 e. The van der Waals surface area contributed by atoms with E-state index >= 15 is 0 Å². The zero-order valence-corrected chi connectivity index (χ0v) is 6.99. The zero-order chi connectivity index (χ0) is 8.69. The highest BCUT2D eigenvalue weighted by atomic mass is 35.5. The van der Waals surface area contributed by atoms with Gasteiger partial charge in [-0.15, -0.1) is 11.6 Å². The highest BCUT2D eigenvalue weighted by Crippen LogP contribution is 2.06. The van der Waals surface area contributed by atoms with Crippen molar-refractivity contribution >= 4 is 23.5 Å². The molecule has 0 bridgehead atoms. The first kappa shape index (κ1) is 10.2. The smallest absolute Gasteiger partial charge is 0.105 e. The molecule has 0 amide bonds. The minimum atomic E-state index is -0.0578. The number of halogens is 1. The normalized spacial score (nSPS) is 15.6. The van der Waals surface area contributed by atoms with E-state index in [4.69, 9.17) is 22.0 Å². The summed E-state index contributed by atoms with van der Waals surface area (Å²) in [6, 6.07) is 0. The molecular weight excluding hydrogens is 168 g/mol. The molecule has 0 saturated heterocycles. The largest absolute Gasteiger partial charge is 0.411 e. The summed E-state index contributed by atoms with van der Waals surface area (Å²) in [6.45, 7) is 1.91. The predicted molar refractivity (Wildman–Crippen MR) is 44.0 cm³/mol. The molecule has 1 unspecified atom stereocenters. The van der Waals surface area contributed by atoms with Crippen LogP contribution in [-0.4, -0.2) is 28.2 Å². The fourth-order valence-electron chi connectivity index (χ4n) is 0.669. The lowest BCUT2D eigenvalue weighted by Gasteiger charge is -2.07. The number of oxime groups is 2. The second kappa shape index (κ2) is 5.97. The molecule has 11 heavy (non-hydrogen) atoms. The second-order valence-electron chi connectivity index (χ2n) is 2.03. The first-order chi connectivity index (χ1) is 5.29. The van der Waals surface area contributed by atoms with Gasteiger partial charge in [0.15, 0.2) is 0 Å². The Kier molecular flexibility index (Phi) is 5.56. The average molecular weight is 179 g/mol. The van der Waals surface area contributed by atoms with Crippen LogP contribution in [0.4, 0.5) is 0 Å². The van der Waals surface area contributed by atoms with Gasteiger partial charge in [0.2, 0.25) is 0 Å². The summed E-state index contributed by atoms with van der Waals surface area (Å²) in [7, 11) is 0. The van der Waals surface area contributed by atoms with Gasteiger partial charge in [-0.05, 0) is 6.42 Å². The molecule has 0 rings (SSSR count). The number of nitrogens with zero attached hydrogens (tertiary/aromatic N) is 2. The van der Waals surface area contributed by atoms with E-state index in [2.05, 4.69) is 10.3 Å². The van der Waals surface area contributed by atoms with Crippen LogP contribution in [0.15, 0.2) is 10.3 Å². The minimum absolute atomic E-state index is 0.0578. The summed E-state index contributed by atoms with van der Waals surface area (Å²) in [4.78, 5) is 0. The van der Waals surface area contributed by atoms with Crippen LogP contribution in [0.3, 0.4) is 0 Å². The summed E-state index contributed by atoms with van der Waals surface area (Å²) in [5.41, 5.74) is 0.296. The Morgan fingerprint density at radius 1 is 1.64 bits per heavy atom. The first-order valence-corrected chi connectivity index (χ1v) is 3.78. The van der Waals surface area contributed by atoms with Gasteiger partial charge in [0.25, 0.3) is 0 Å². The lowest BCUT2D eigenvalue weighted by atomic mass is 10.0. The van der Waals surface area contributed by atoms with Gasteiger partial charge in [0, 0.05) is 11.8 Å². The molecule has 0 aromatic rings. The molecule has 0 aromatic carbocycles. The van der Waals surface area contributed by atoms with Crippen LogP contribution in [-0.2, 0) is 0 Å². The standard InChI is InChI=1S/C6H11ClN2O2/c1-2-5(3-7)6(9-11)4-8-10/h4-5,10-11H,2-3H2,1H3. The topological polar surface area (TPSA) is 65.2 Å². The van der Waals surface area contributed by atoms with E-state index in [0.29, 0.717) is 11.6 Å². The molecule has 1 atom stereocenters. The Balaban J connectivity index is 4.22. The molecule has 64 valence electrons. The van der Waals surface area contributed by atoms with Crippen molar-refractivity contribution in [3.05, 3.63) is 0 Å². The summed E-state index contributed by atoms with van der Waals surface area (Å²) in [5, 5.41) is 22.3. The van der Waals surface area contributed by atoms with Gasteiger partial charge >= 0.3 is 0 Å². The van der Waals surface area contributed by atoms with Crippen molar-refractivity contribution in [1.29, 1.82) is 0 Å². The molecule has 0 fully saturated rings. The van der Waals surface area contributed by atoms with E-state index in [9.17, 15) is 0 Å². The van der Waals surface area contributed by atoms with Crippen molar-refractivity contribution in [3.8, 4) is 0 Å². The summed E-state index contributed by atoms with van der Waals surface area (Å²) >= 11 is 5.54. The van der Waals surface area contributed by atoms with Gasteiger partial charge in [-0.3, -0.25) is 0 Å². The molecule has 5 heteroatoms. The Morgan fingerprint density at radius 3 is 2.55 bits per heavy atom. The van der Waals surface area contributed by atoms with Crippen LogP contribution in [0, 0.1) is 5.92 Å². The maximum absolute atomic E-state index is 8.42. The lowest BCUT2D eigenvalue weighted by molar-refractivity contribution is 0.313. The SMILES string of the molecule is CCC(CCl)C(C=NO)=NO. The van der Waals surface area contributed by atoms with Gasteiger partial charge in [0.1, 0.15) is 5.71 Å². The molecule has 0 aliphatic rings. The van der Waals surface area contributed by atoms with E-state index < -0.39 is 0 Å². The Morgan fingerprint density at radius 2 is 2.27 bits per heavy atom. The molecule has 0 saturated carbocycles. The van der Waals surface area contributed by atoms with Gasteiger partial charge in [-0.1, -0.05) is 17.2 Å². The van der Waals surface area contributed by atoms with E-state index in [-0.39, 0.29) is 5.92 Å². The molecule has 0 aliphatic heterocycles. The molecule has 4 nitrogen and oxygen atoms in total. The Labute approximate surface area is 70.2 Å². The number of hydrogen-bond donors (Lipinski definition) is 2. The van der Waals surface area contributed by atoms with Gasteiger partial charge in [-0.2, -0.15) is 0 Å². The van der Waals surface area contributed by atoms with E-state index in [1.54, 1.807) is 0 Å². The molecule has 0 spiro atoms. The van der Waals surface area contributed by atoms with Crippen molar-refractivity contribution in [2.45, 2.75) is 13.3 Å². The van der Waals surface area contributed by atoms with Gasteiger partial charge < -0.3 is 10.4 Å². The van der Waals surface area contributed by atoms with Crippen LogP contribution < -0.4 is 0 Å². The van der Waals surface area contributed by atoms with Crippen molar-refractivity contribution in [2.24, 2.45) is 16.2 Å². The van der Waals surface area contributed by atoms with Crippen molar-refractivity contribution in [2.75, 3.05) is 5.88 Å². The van der Waals surface area contributed by atoms with Crippen molar-refractivity contribution in [1.82, 2.24) is 0 Å². The van der Waals surface area contributed by atoms with Crippen LogP contribution in [0.25, 0.3) is 0 Å². The molecule has 2 N–H and O–H groups in total. The van der Waals surface area contributed by atoms with Crippen LogP contribution >= 0.6 is 11.6 Å². The highest BCUT2D eigenvalue weighted by Gasteiger charge is 2.11. The summed E-state index contributed by atoms with van der Waals surface area (Å²) < 4.78 is 0. The fraction of sp³-hybridized carbons (Fsp3) is 0.667. The van der Waals surface area contributed by atoms with E-state index in [1.165, 1.54) is 0 Å². The highest BCUT2D eigenvalue weighted by molar-refractivity contribution is 6.33. The van der Waals surface area contributed by atoms with Crippen LogP contribution in [0.2, 0.25) is 0 Å². The number of hydrogen-bond acceptors (Lipinski definition) is 4. The lowest BCUT2D eigenvalue weighted by Crippen LogP contribution is -2.16. The average Bonchev–Trinajstić information content (AvgIpc) is 2.05. The molecule has 0 aromatic heterocycles. The third kappa shape index (κ3) is 3.23. The zero-order valence-electron chi connectivity index (χ0n) is 6.24. The predicted octanol–water partition coefficient (Wildman–Crippen LogP) is 1.54. The van der Waals surface area contributed by atoms with Crippen LogP contribution in [0.1, 0.15) is 13.3 Å². The third-order valence-electron chi connectivity index (χ3n) is 1.40. The van der Waals surface area contributed by atoms with E-state index in [1.807, 2.05) is 6.92 Å². The fourth-order valence-corrected chi connectivity index (χ4v) is 1.05. The first-order valence-electron chi connectivity index (χ1n) is 3.25. The van der Waals surface area contributed by atoms with Crippen molar-refractivity contribution in [3.63, 3.8) is 0 Å². The summed E-state index contributed by atoms with van der Waals surface area (Å²) in [6.07, 6.45) is 1.82. The maximum atomic E-state index is 8.42. The van der Waals surface area contributed by atoms with Crippen LogP contribution in [0.5, 0.6) is 0 Å². The molecule has 0 radical (unpaired) electrons. The minimum Gasteiger partial charge on any atom is -0.411 e. The Bertz CT molecular complexity index is 155. The van der Waals surface area contributed by atoms with Gasteiger partial charge in [-0.25, -0.2) is 0 Å². The number of rotatable bonds is 4. The molecular formula is C6H11ClN2O2. The van der Waals surface area contributed by atoms with Gasteiger partial charge in [0.05, 0.1) is 6.21 Å². The monoisotopic (exact) mass is 178 g/mol. The van der Waals surface area contributed by atoms with Crippen molar-refractivity contribution < 1.29 is 10.4 Å². The quantitative estimate of drug-likeness (QED) is 0.297. The molecule has 0 aliphatic carbocycles. The molecule has 0 heterocycles. The Hall–Kier alpha value is -0.770. The number of alkyl halides is 1. The summed E-state index contributed by atoms with van der Waals surface area (Å²) in [5.74, 6) is 0.291. The third-order valence-corrected chi connectivity index (χ3v) is 1.78. The second-order valence-corrected chi connectivity index (χ2v) is 2.34.